The van der Waals surface area contributed by atoms with Crippen LogP contribution in [0.5, 0.6) is 0 Å². The van der Waals surface area contributed by atoms with Crippen LogP contribution in [0.1, 0.15) is 26.7 Å². The van der Waals surface area contributed by atoms with Crippen molar-refractivity contribution >= 4 is 20.4 Å². The van der Waals surface area contributed by atoms with Gasteiger partial charge in [-0.05, 0) is 0 Å². The summed E-state index contributed by atoms with van der Waals surface area (Å²) in [6.07, 6.45) is 4.53. The van der Waals surface area contributed by atoms with Crippen molar-refractivity contribution in [2.75, 3.05) is 0 Å². The first kappa shape index (κ1) is 19.6. The molecule has 0 fully saturated rings. The Kier molecular flexibility index (Phi) is 20.2. The molecule has 80 valence electrons. The van der Waals surface area contributed by atoms with Crippen LogP contribution in [-0.2, 0) is 30.4 Å². The quantitative estimate of drug-likeness (QED) is 0.656. The van der Waals surface area contributed by atoms with E-state index in [2.05, 4.69) is 56.3 Å². The first-order chi connectivity index (χ1) is 7.25. The first-order valence-corrected chi connectivity index (χ1v) is 4.50. The van der Waals surface area contributed by atoms with Crippen LogP contribution in [0.25, 0.3) is 0 Å². The maximum Gasteiger partial charge on any atom is 0.281 e. The van der Waals surface area contributed by atoms with Gasteiger partial charge in [-0.15, -0.1) is 0 Å². The molecule has 0 aromatic carbocycles. The van der Waals surface area contributed by atoms with E-state index in [4.69, 9.17) is 14.4 Å². The molecule has 0 atom stereocenters. The fraction of sp³-hybridized carbons (Fsp3) is 0.364. The number of hydrogen-bond donors (Lipinski definition) is 0. The standard InChI is InChI=1S/C8H11.3CO.Mn/c1-3-8-6-4-5-7(8)2;3*1-2;/h5H,3-4H2,1-2H3;;;;. The molecular formula is C11H11MnO3. The van der Waals surface area contributed by atoms with Gasteiger partial charge in [0, 0.05) is 0 Å². The molecule has 0 aliphatic heterocycles. The van der Waals surface area contributed by atoms with E-state index in [-0.39, 0.29) is 0 Å². The van der Waals surface area contributed by atoms with Gasteiger partial charge >= 0.3 is 64.4 Å². The maximum atomic E-state index is 7.50. The number of rotatable bonds is 1. The average Bonchev–Trinajstić information content (AvgIpc) is 2.66. The Bertz CT molecular complexity index is 217. The topological polar surface area (TPSA) is 51.2 Å². The number of allylic oxidation sites excluding steroid dienone is 4. The van der Waals surface area contributed by atoms with Gasteiger partial charge in [-0.3, -0.25) is 14.4 Å². The van der Waals surface area contributed by atoms with Crippen molar-refractivity contribution in [2.24, 2.45) is 0 Å². The summed E-state index contributed by atoms with van der Waals surface area (Å²) in [5.74, 6) is 0. The molecule has 0 heterocycles. The zero-order valence-corrected chi connectivity index (χ0v) is 9.77. The van der Waals surface area contributed by atoms with Gasteiger partial charge in [0.05, 0.1) is 0 Å². The average molecular weight is 246 g/mol. The molecule has 0 aromatic rings. The zero-order chi connectivity index (χ0) is 12.9. The van der Waals surface area contributed by atoms with Crippen molar-refractivity contribution in [2.45, 2.75) is 26.7 Å². The molecule has 0 unspecified atom stereocenters. The predicted molar refractivity (Wildman–Crippen MR) is 52.8 cm³/mol. The van der Waals surface area contributed by atoms with E-state index >= 15 is 0 Å². The molecule has 0 saturated heterocycles. The summed E-state index contributed by atoms with van der Waals surface area (Å²) >= 11 is 3.53. The third kappa shape index (κ3) is 8.03. The van der Waals surface area contributed by atoms with Crippen LogP contribution in [0, 0.1) is 0 Å². The fourth-order valence-electron chi connectivity index (χ4n) is 1.17. The van der Waals surface area contributed by atoms with E-state index in [0.29, 0.717) is 0 Å². The van der Waals surface area contributed by atoms with E-state index in [0.717, 1.165) is 12.8 Å². The molecule has 0 saturated carbocycles. The minimum absolute atomic E-state index is 1.11. The third-order valence-corrected chi connectivity index (χ3v) is 2.34. The van der Waals surface area contributed by atoms with Gasteiger partial charge in [-0.25, -0.2) is 0 Å². The Morgan fingerprint density at radius 2 is 1.60 bits per heavy atom. The summed E-state index contributed by atoms with van der Waals surface area (Å²) in [5.41, 5.74) is 2.94. The largest absolute Gasteiger partial charge is 0.281 e. The summed E-state index contributed by atoms with van der Waals surface area (Å²) in [6, 6.07) is 0. The molecule has 3 nitrogen and oxygen atoms in total. The Hall–Kier alpha value is -0.991. The summed E-state index contributed by atoms with van der Waals surface area (Å²) in [4.78, 5) is 22.5. The molecule has 1 rings (SSSR count). The van der Waals surface area contributed by atoms with E-state index < -0.39 is 0 Å². The molecule has 0 aromatic heterocycles. The van der Waals surface area contributed by atoms with Crippen molar-refractivity contribution in [1.29, 1.82) is 0 Å². The Labute approximate surface area is 99.4 Å². The second kappa shape index (κ2) is 15.5. The Morgan fingerprint density at radius 1 is 1.20 bits per heavy atom. The molecule has 0 N–H and O–H groups in total. The minimum atomic E-state index is 1.11. The maximum absolute atomic E-state index is 7.50. The smallest absolute Gasteiger partial charge is 0.281 e. The van der Waals surface area contributed by atoms with Gasteiger partial charge in [0.1, 0.15) is 0 Å². The molecule has 6 radical (unpaired) electrons. The van der Waals surface area contributed by atoms with E-state index in [1.807, 2.05) is 0 Å². The van der Waals surface area contributed by atoms with Crippen LogP contribution >= 0.6 is 0 Å². The molecule has 0 bridgehead atoms. The zero-order valence-electron chi connectivity index (χ0n) is 8.59. The van der Waals surface area contributed by atoms with Crippen molar-refractivity contribution < 1.29 is 30.4 Å². The van der Waals surface area contributed by atoms with Gasteiger partial charge in [-0.1, -0.05) is 0 Å². The molecule has 4 heteroatoms. The second-order valence-corrected chi connectivity index (χ2v) is 3.04. The molecule has 0 spiro atoms. The third-order valence-electron chi connectivity index (χ3n) is 1.74. The Balaban J connectivity index is -0.000000208. The van der Waals surface area contributed by atoms with Gasteiger partial charge in [0.25, 0.3) is 20.4 Å². The molecule has 1 aliphatic carbocycles. The van der Waals surface area contributed by atoms with Gasteiger partial charge in [0.2, 0.25) is 0 Å². The van der Waals surface area contributed by atoms with Crippen LogP contribution in [0.4, 0.5) is 0 Å². The monoisotopic (exact) mass is 246 g/mol. The van der Waals surface area contributed by atoms with Crippen LogP contribution in [0.2, 0.25) is 0 Å². The van der Waals surface area contributed by atoms with Gasteiger partial charge in [-0.2, -0.15) is 0 Å². The summed E-state index contributed by atoms with van der Waals surface area (Å²) < 4.78 is 1.38. The van der Waals surface area contributed by atoms with Crippen LogP contribution in [0.15, 0.2) is 21.7 Å². The molecule has 15 heavy (non-hydrogen) atoms. The Morgan fingerprint density at radius 3 is 1.73 bits per heavy atom. The van der Waals surface area contributed by atoms with E-state index in [1.165, 1.54) is 15.6 Å². The van der Waals surface area contributed by atoms with E-state index in [9.17, 15) is 0 Å². The van der Waals surface area contributed by atoms with Crippen molar-refractivity contribution in [3.8, 4) is 0 Å². The van der Waals surface area contributed by atoms with Crippen molar-refractivity contribution in [3.05, 3.63) is 21.7 Å². The van der Waals surface area contributed by atoms with Crippen molar-refractivity contribution in [1.82, 2.24) is 0 Å². The number of hydrogen-bond acceptors (Lipinski definition) is 3. The molecular weight excluding hydrogens is 235 g/mol. The SMILES string of the molecule is CCC1=[C]([Mn])CC=C1C.[C]=O.[C]=O.[C]=O. The molecule has 0 amide bonds. The summed E-state index contributed by atoms with van der Waals surface area (Å²) in [6.45, 7) is 17.9. The fourth-order valence-corrected chi connectivity index (χ4v) is 1.74. The van der Waals surface area contributed by atoms with Crippen LogP contribution < -0.4 is 0 Å². The first-order valence-electron chi connectivity index (χ1n) is 3.91. The van der Waals surface area contributed by atoms with Crippen molar-refractivity contribution in [3.63, 3.8) is 0 Å². The summed E-state index contributed by atoms with van der Waals surface area (Å²) in [5, 5.41) is 0. The molecule has 1 aliphatic rings. The van der Waals surface area contributed by atoms with E-state index in [1.54, 1.807) is 0 Å². The van der Waals surface area contributed by atoms with Gasteiger partial charge in [0.15, 0.2) is 0 Å². The summed E-state index contributed by atoms with van der Waals surface area (Å²) in [7, 11) is 0. The minimum Gasteiger partial charge on any atom is -0.281 e. The van der Waals surface area contributed by atoms with Gasteiger partial charge < -0.3 is 0 Å². The number of carbonyl (C=O) groups excluding carboxylic acids is 3. The van der Waals surface area contributed by atoms with Crippen LogP contribution in [-0.4, -0.2) is 20.4 Å². The van der Waals surface area contributed by atoms with Crippen LogP contribution in [0.3, 0.4) is 0 Å². The second-order valence-electron chi connectivity index (χ2n) is 2.33. The normalized spacial score (nSPS) is 12.1. The predicted octanol–water partition coefficient (Wildman–Crippen LogP) is 1.36.